The van der Waals surface area contributed by atoms with E-state index in [2.05, 4.69) is 0 Å². The van der Waals surface area contributed by atoms with E-state index >= 15 is 0 Å². The van der Waals surface area contributed by atoms with Crippen LogP contribution < -0.4 is 0 Å². The molecule has 0 bridgehead atoms. The second-order valence-electron chi connectivity index (χ2n) is 4.12. The quantitative estimate of drug-likeness (QED) is 0.753. The molecular formula is C11H19NO3. The molecule has 0 saturated heterocycles. The first-order valence-corrected chi connectivity index (χ1v) is 5.52. The van der Waals surface area contributed by atoms with Gasteiger partial charge in [-0.1, -0.05) is 6.92 Å². The van der Waals surface area contributed by atoms with Crippen molar-refractivity contribution in [3.8, 4) is 0 Å². The highest BCUT2D eigenvalue weighted by atomic mass is 16.4. The van der Waals surface area contributed by atoms with Crippen molar-refractivity contribution in [1.29, 1.82) is 0 Å². The molecule has 1 aliphatic rings. The summed E-state index contributed by atoms with van der Waals surface area (Å²) in [6, 6.07) is 0. The maximum Gasteiger partial charge on any atom is 0.329 e. The number of carboxylic acids is 1. The molecule has 1 unspecified atom stereocenters. The first kappa shape index (κ1) is 12.0. The lowest BCUT2D eigenvalue weighted by atomic mass is 9.87. The monoisotopic (exact) mass is 213 g/mol. The fourth-order valence-corrected chi connectivity index (χ4v) is 2.49. The van der Waals surface area contributed by atoms with Crippen LogP contribution in [0.4, 0.5) is 0 Å². The lowest BCUT2D eigenvalue weighted by molar-refractivity contribution is -0.160. The van der Waals surface area contributed by atoms with Gasteiger partial charge in [0, 0.05) is 13.5 Å². The molecule has 1 amide bonds. The van der Waals surface area contributed by atoms with E-state index in [1.54, 1.807) is 0 Å². The van der Waals surface area contributed by atoms with E-state index in [0.29, 0.717) is 13.0 Å². The standard InChI is InChI=1S/C11H19NO3/c1-4-11(10(14)15,9-6-7-9)12(5-2)8(3)13/h9H,4-7H2,1-3H3,(H,14,15). The van der Waals surface area contributed by atoms with Crippen molar-refractivity contribution in [3.63, 3.8) is 0 Å². The molecule has 0 aliphatic heterocycles. The van der Waals surface area contributed by atoms with Crippen LogP contribution in [0.25, 0.3) is 0 Å². The molecule has 1 aliphatic carbocycles. The highest BCUT2D eigenvalue weighted by molar-refractivity contribution is 5.86. The molecule has 1 atom stereocenters. The van der Waals surface area contributed by atoms with Crippen molar-refractivity contribution in [2.45, 2.75) is 45.6 Å². The van der Waals surface area contributed by atoms with Crippen molar-refractivity contribution in [2.24, 2.45) is 5.92 Å². The summed E-state index contributed by atoms with van der Waals surface area (Å²) in [7, 11) is 0. The first-order chi connectivity index (χ1) is 7.00. The minimum Gasteiger partial charge on any atom is -0.479 e. The summed E-state index contributed by atoms with van der Waals surface area (Å²) in [6.07, 6.45) is 2.33. The SMILES string of the molecule is CCN(C(C)=O)C(CC)(C(=O)O)C1CC1. The highest BCUT2D eigenvalue weighted by Crippen LogP contribution is 2.45. The largest absolute Gasteiger partial charge is 0.479 e. The Morgan fingerprint density at radius 1 is 1.40 bits per heavy atom. The van der Waals surface area contributed by atoms with E-state index in [4.69, 9.17) is 0 Å². The van der Waals surface area contributed by atoms with E-state index in [1.807, 2.05) is 13.8 Å². The van der Waals surface area contributed by atoms with Crippen LogP contribution >= 0.6 is 0 Å². The fraction of sp³-hybridized carbons (Fsp3) is 0.818. The van der Waals surface area contributed by atoms with Crippen molar-refractivity contribution >= 4 is 11.9 Å². The molecule has 1 fully saturated rings. The summed E-state index contributed by atoms with van der Waals surface area (Å²) in [5.74, 6) is -0.859. The van der Waals surface area contributed by atoms with Gasteiger partial charge in [0.2, 0.25) is 5.91 Å². The number of hydrogen-bond donors (Lipinski definition) is 1. The first-order valence-electron chi connectivity index (χ1n) is 5.52. The molecule has 0 radical (unpaired) electrons. The Hall–Kier alpha value is -1.06. The van der Waals surface area contributed by atoms with E-state index in [9.17, 15) is 14.7 Å². The summed E-state index contributed by atoms with van der Waals surface area (Å²) in [6.45, 7) is 5.58. The van der Waals surface area contributed by atoms with Gasteiger partial charge in [-0.15, -0.1) is 0 Å². The van der Waals surface area contributed by atoms with E-state index in [0.717, 1.165) is 12.8 Å². The molecule has 1 rings (SSSR count). The van der Waals surface area contributed by atoms with Gasteiger partial charge in [-0.3, -0.25) is 4.79 Å². The average Bonchev–Trinajstić information content (AvgIpc) is 2.96. The number of carboxylic acid groups (broad SMARTS) is 1. The summed E-state index contributed by atoms with van der Waals surface area (Å²) >= 11 is 0. The fourth-order valence-electron chi connectivity index (χ4n) is 2.49. The Kier molecular flexibility index (Phi) is 3.37. The van der Waals surface area contributed by atoms with Gasteiger partial charge < -0.3 is 10.0 Å². The minimum atomic E-state index is -0.958. The summed E-state index contributed by atoms with van der Waals surface area (Å²) < 4.78 is 0. The molecule has 0 aromatic carbocycles. The van der Waals surface area contributed by atoms with E-state index < -0.39 is 11.5 Å². The molecule has 0 spiro atoms. The Balaban J connectivity index is 3.06. The third kappa shape index (κ3) is 1.85. The molecule has 0 heterocycles. The Morgan fingerprint density at radius 3 is 2.13 bits per heavy atom. The number of amides is 1. The van der Waals surface area contributed by atoms with Crippen LogP contribution in [-0.4, -0.2) is 34.0 Å². The van der Waals surface area contributed by atoms with Crippen molar-refractivity contribution in [2.75, 3.05) is 6.54 Å². The van der Waals surface area contributed by atoms with Crippen molar-refractivity contribution in [3.05, 3.63) is 0 Å². The number of rotatable bonds is 5. The Bertz CT molecular complexity index is 273. The summed E-state index contributed by atoms with van der Waals surface area (Å²) in [4.78, 5) is 24.4. The molecular weight excluding hydrogens is 194 g/mol. The van der Waals surface area contributed by atoms with Gasteiger partial charge in [0.05, 0.1) is 0 Å². The predicted molar refractivity (Wildman–Crippen MR) is 56.4 cm³/mol. The zero-order valence-corrected chi connectivity index (χ0v) is 9.62. The van der Waals surface area contributed by atoms with Crippen LogP contribution in [0.1, 0.15) is 40.0 Å². The topological polar surface area (TPSA) is 57.6 Å². The van der Waals surface area contributed by atoms with Crippen LogP contribution in [0.5, 0.6) is 0 Å². The number of nitrogens with zero attached hydrogens (tertiary/aromatic N) is 1. The number of aliphatic carboxylic acids is 1. The lowest BCUT2D eigenvalue weighted by Gasteiger charge is -2.39. The molecule has 1 saturated carbocycles. The minimum absolute atomic E-state index is 0.142. The van der Waals surface area contributed by atoms with Gasteiger partial charge in [0.15, 0.2) is 0 Å². The molecule has 15 heavy (non-hydrogen) atoms. The third-order valence-electron chi connectivity index (χ3n) is 3.34. The molecule has 86 valence electrons. The van der Waals surface area contributed by atoms with Gasteiger partial charge in [0.1, 0.15) is 5.54 Å². The third-order valence-corrected chi connectivity index (χ3v) is 3.34. The highest BCUT2D eigenvalue weighted by Gasteiger charge is 2.54. The lowest BCUT2D eigenvalue weighted by Crippen LogP contribution is -2.57. The van der Waals surface area contributed by atoms with Gasteiger partial charge in [-0.05, 0) is 32.1 Å². The summed E-state index contributed by atoms with van der Waals surface area (Å²) in [5.41, 5.74) is -0.958. The summed E-state index contributed by atoms with van der Waals surface area (Å²) in [5, 5.41) is 9.39. The Morgan fingerprint density at radius 2 is 1.93 bits per heavy atom. The number of carbonyl (C=O) groups is 2. The Labute approximate surface area is 90.3 Å². The molecule has 4 nitrogen and oxygen atoms in total. The average molecular weight is 213 g/mol. The normalized spacial score (nSPS) is 19.4. The molecule has 1 N–H and O–H groups in total. The van der Waals surface area contributed by atoms with Crippen molar-refractivity contribution < 1.29 is 14.7 Å². The zero-order valence-electron chi connectivity index (χ0n) is 9.62. The molecule has 0 aromatic heterocycles. The number of hydrogen-bond acceptors (Lipinski definition) is 2. The smallest absolute Gasteiger partial charge is 0.329 e. The zero-order chi connectivity index (χ0) is 11.6. The van der Waals surface area contributed by atoms with Crippen LogP contribution in [0, 0.1) is 5.92 Å². The maximum atomic E-state index is 11.5. The van der Waals surface area contributed by atoms with Crippen LogP contribution in [0.2, 0.25) is 0 Å². The second-order valence-corrected chi connectivity index (χ2v) is 4.12. The number of likely N-dealkylation sites (N-methyl/N-ethyl adjacent to an activating group) is 1. The van der Waals surface area contributed by atoms with Crippen LogP contribution in [-0.2, 0) is 9.59 Å². The molecule has 0 aromatic rings. The van der Waals surface area contributed by atoms with Gasteiger partial charge in [0.25, 0.3) is 0 Å². The van der Waals surface area contributed by atoms with E-state index in [-0.39, 0.29) is 11.8 Å². The predicted octanol–water partition coefficient (Wildman–Crippen LogP) is 1.50. The van der Waals surface area contributed by atoms with Crippen LogP contribution in [0.15, 0.2) is 0 Å². The molecule has 4 heteroatoms. The number of carbonyl (C=O) groups excluding carboxylic acids is 1. The maximum absolute atomic E-state index is 11.5. The van der Waals surface area contributed by atoms with Gasteiger partial charge in [-0.25, -0.2) is 4.79 Å². The second kappa shape index (κ2) is 4.21. The van der Waals surface area contributed by atoms with Crippen molar-refractivity contribution in [1.82, 2.24) is 4.90 Å². The van der Waals surface area contributed by atoms with E-state index in [1.165, 1.54) is 11.8 Å². The van der Waals surface area contributed by atoms with Gasteiger partial charge >= 0.3 is 5.97 Å². The van der Waals surface area contributed by atoms with Crippen LogP contribution in [0.3, 0.4) is 0 Å². The van der Waals surface area contributed by atoms with Gasteiger partial charge in [-0.2, -0.15) is 0 Å².